The van der Waals surface area contributed by atoms with Crippen molar-refractivity contribution in [3.05, 3.63) is 40.1 Å². The number of nitro groups is 1. The number of hydrogen-bond donors (Lipinski definition) is 1. The van der Waals surface area contributed by atoms with Crippen LogP contribution in [-0.2, 0) is 19.7 Å². The Morgan fingerprint density at radius 2 is 2.13 bits per heavy atom. The van der Waals surface area contributed by atoms with E-state index in [1.165, 1.54) is 12.1 Å². The molecule has 23 heavy (non-hydrogen) atoms. The molecule has 1 atom stereocenters. The summed E-state index contributed by atoms with van der Waals surface area (Å²) in [6.45, 7) is 4.21. The van der Waals surface area contributed by atoms with E-state index in [0.29, 0.717) is 24.1 Å². The number of methoxy groups -OCH3 is 1. The molecule has 1 unspecified atom stereocenters. The van der Waals surface area contributed by atoms with Crippen molar-refractivity contribution in [2.45, 2.75) is 25.7 Å². The summed E-state index contributed by atoms with van der Waals surface area (Å²) in [5.41, 5.74) is 0.500. The van der Waals surface area contributed by atoms with Crippen LogP contribution in [0.1, 0.15) is 26.0 Å². The van der Waals surface area contributed by atoms with Crippen LogP contribution in [0.4, 0.5) is 5.69 Å². The number of H-pyrrole nitrogens is 1. The minimum absolute atomic E-state index is 0.0118. The molecule has 0 fully saturated rings. The fourth-order valence-electron chi connectivity index (χ4n) is 2.47. The van der Waals surface area contributed by atoms with Gasteiger partial charge in [0.05, 0.1) is 11.5 Å². The molecule has 0 radical (unpaired) electrons. The molecule has 0 saturated heterocycles. The molecule has 7 nitrogen and oxygen atoms in total. The number of aromatic amines is 1. The van der Waals surface area contributed by atoms with Gasteiger partial charge in [0.15, 0.2) is 0 Å². The Kier molecular flexibility index (Phi) is 5.00. The molecule has 7 heteroatoms. The summed E-state index contributed by atoms with van der Waals surface area (Å²) in [5, 5.41) is 11.6. The zero-order chi connectivity index (χ0) is 17.0. The van der Waals surface area contributed by atoms with Gasteiger partial charge < -0.3 is 14.5 Å². The molecule has 1 heterocycles. The topological polar surface area (TPSA) is 94.5 Å². The van der Waals surface area contributed by atoms with Crippen molar-refractivity contribution in [1.82, 2.24) is 4.98 Å². The Bertz CT molecular complexity index is 724. The minimum Gasteiger partial charge on any atom is -0.465 e. The number of nitrogens with zero attached hydrogens (tertiary/aromatic N) is 1. The van der Waals surface area contributed by atoms with Crippen LogP contribution in [-0.4, -0.2) is 36.2 Å². The fraction of sp³-hybridized carbons (Fsp3) is 0.438. The first-order chi connectivity index (χ1) is 10.9. The largest absolute Gasteiger partial charge is 0.465 e. The van der Waals surface area contributed by atoms with Crippen molar-refractivity contribution < 1.29 is 19.2 Å². The average molecular weight is 320 g/mol. The molecule has 0 aliphatic heterocycles. The second-order valence-electron chi connectivity index (χ2n) is 5.51. The number of carbonyl (C=O) groups is 1. The Labute approximate surface area is 133 Å². The number of non-ortho nitro benzene ring substituents is 1. The monoisotopic (exact) mass is 320 g/mol. The number of nitrogens with one attached hydrogen (secondary N) is 1. The van der Waals surface area contributed by atoms with Gasteiger partial charge in [0.25, 0.3) is 5.69 Å². The van der Waals surface area contributed by atoms with Crippen LogP contribution in [0.25, 0.3) is 10.9 Å². The third kappa shape index (κ3) is 3.34. The summed E-state index contributed by atoms with van der Waals surface area (Å²) in [6.07, 6.45) is 0.442. The first kappa shape index (κ1) is 17.0. The summed E-state index contributed by atoms with van der Waals surface area (Å²) < 4.78 is 10.3. The van der Waals surface area contributed by atoms with Crippen molar-refractivity contribution in [3.8, 4) is 0 Å². The van der Waals surface area contributed by atoms with E-state index in [2.05, 4.69) is 4.98 Å². The summed E-state index contributed by atoms with van der Waals surface area (Å²) >= 11 is 0. The lowest BCUT2D eigenvalue weighted by Gasteiger charge is -2.26. The van der Waals surface area contributed by atoms with E-state index >= 15 is 0 Å². The summed E-state index contributed by atoms with van der Waals surface area (Å²) in [4.78, 5) is 26.0. The molecule has 0 saturated carbocycles. The molecule has 0 aliphatic carbocycles. The number of esters is 1. The zero-order valence-electron chi connectivity index (χ0n) is 13.4. The van der Waals surface area contributed by atoms with Gasteiger partial charge in [0.1, 0.15) is 5.41 Å². The van der Waals surface area contributed by atoms with Crippen molar-refractivity contribution in [2.75, 3.05) is 20.3 Å². The molecule has 2 aromatic rings. The van der Waals surface area contributed by atoms with E-state index in [-0.39, 0.29) is 18.3 Å². The third-order valence-corrected chi connectivity index (χ3v) is 3.94. The molecule has 0 amide bonds. The average Bonchev–Trinajstić information content (AvgIpc) is 2.96. The highest BCUT2D eigenvalue weighted by atomic mass is 16.6. The molecular formula is C16H20N2O5. The Morgan fingerprint density at radius 3 is 2.74 bits per heavy atom. The maximum Gasteiger partial charge on any atom is 0.317 e. The van der Waals surface area contributed by atoms with Crippen LogP contribution < -0.4 is 0 Å². The summed E-state index contributed by atoms with van der Waals surface area (Å²) in [7, 11) is 1.57. The molecule has 124 valence electrons. The van der Waals surface area contributed by atoms with Gasteiger partial charge in [0.2, 0.25) is 0 Å². The second kappa shape index (κ2) is 6.78. The van der Waals surface area contributed by atoms with Crippen LogP contribution in [0.2, 0.25) is 0 Å². The molecule has 1 aromatic carbocycles. The highest BCUT2D eigenvalue weighted by Crippen LogP contribution is 2.32. The lowest BCUT2D eigenvalue weighted by Crippen LogP contribution is -2.36. The molecule has 0 aliphatic rings. The van der Waals surface area contributed by atoms with Crippen LogP contribution in [0.5, 0.6) is 0 Å². The maximum atomic E-state index is 12.4. The van der Waals surface area contributed by atoms with E-state index in [1.807, 2.05) is 0 Å². The van der Waals surface area contributed by atoms with Crippen molar-refractivity contribution in [1.29, 1.82) is 0 Å². The van der Waals surface area contributed by atoms with Crippen LogP contribution in [0.3, 0.4) is 0 Å². The van der Waals surface area contributed by atoms with Crippen LogP contribution in [0, 0.1) is 10.1 Å². The first-order valence-corrected chi connectivity index (χ1v) is 7.36. The number of rotatable bonds is 7. The highest BCUT2D eigenvalue weighted by molar-refractivity contribution is 5.88. The van der Waals surface area contributed by atoms with Gasteiger partial charge in [0, 0.05) is 42.4 Å². The normalized spacial score (nSPS) is 13.7. The van der Waals surface area contributed by atoms with Gasteiger partial charge in [-0.3, -0.25) is 14.9 Å². The van der Waals surface area contributed by atoms with Gasteiger partial charge >= 0.3 is 5.97 Å². The molecule has 1 N–H and O–H groups in total. The van der Waals surface area contributed by atoms with E-state index in [1.54, 1.807) is 33.1 Å². The minimum atomic E-state index is -0.903. The quantitative estimate of drug-likeness (QED) is 0.481. The number of ether oxygens (including phenoxy) is 2. The number of nitro benzene ring substituents is 1. The molecule has 0 bridgehead atoms. The van der Waals surface area contributed by atoms with E-state index in [0.717, 1.165) is 5.52 Å². The fourth-order valence-corrected chi connectivity index (χ4v) is 2.47. The molecule has 2 rings (SSSR count). The first-order valence-electron chi connectivity index (χ1n) is 7.36. The lowest BCUT2D eigenvalue weighted by atomic mass is 9.83. The standard InChI is InChI=1S/C16H20N2O5/c1-4-23-15(19)16(2,7-8-22-3)14-10-11-9-12(18(20)21)5-6-13(11)17-14/h5-6,9-10,17H,4,7-8H2,1-3H3. The number of benzene rings is 1. The Morgan fingerprint density at radius 1 is 1.39 bits per heavy atom. The van der Waals surface area contributed by atoms with E-state index in [4.69, 9.17) is 9.47 Å². The second-order valence-corrected chi connectivity index (χ2v) is 5.51. The van der Waals surface area contributed by atoms with Crippen molar-refractivity contribution in [2.24, 2.45) is 0 Å². The zero-order valence-corrected chi connectivity index (χ0v) is 13.4. The Balaban J connectivity index is 2.47. The summed E-state index contributed by atoms with van der Waals surface area (Å²) in [6, 6.07) is 6.31. The lowest BCUT2D eigenvalue weighted by molar-refractivity contribution is -0.384. The summed E-state index contributed by atoms with van der Waals surface area (Å²) in [5.74, 6) is -0.349. The predicted octanol–water partition coefficient (Wildman–Crippen LogP) is 2.93. The number of hydrogen-bond acceptors (Lipinski definition) is 5. The Hall–Kier alpha value is -2.41. The smallest absolute Gasteiger partial charge is 0.317 e. The number of fused-ring (bicyclic) bond motifs is 1. The SMILES string of the molecule is CCOC(=O)C(C)(CCOC)c1cc2cc([N+](=O)[O-])ccc2[nH]1. The van der Waals surface area contributed by atoms with Crippen LogP contribution >= 0.6 is 0 Å². The van der Waals surface area contributed by atoms with Gasteiger partial charge in [-0.1, -0.05) is 0 Å². The molecular weight excluding hydrogens is 300 g/mol. The van der Waals surface area contributed by atoms with Crippen molar-refractivity contribution >= 4 is 22.6 Å². The van der Waals surface area contributed by atoms with Gasteiger partial charge in [-0.05, 0) is 32.4 Å². The molecule has 1 aromatic heterocycles. The number of carbonyl (C=O) groups excluding carboxylic acids is 1. The van der Waals surface area contributed by atoms with Gasteiger partial charge in [-0.25, -0.2) is 0 Å². The van der Waals surface area contributed by atoms with Gasteiger partial charge in [-0.2, -0.15) is 0 Å². The molecule has 0 spiro atoms. The number of aromatic nitrogens is 1. The maximum absolute atomic E-state index is 12.4. The van der Waals surface area contributed by atoms with Crippen LogP contribution in [0.15, 0.2) is 24.3 Å². The van der Waals surface area contributed by atoms with Gasteiger partial charge in [-0.15, -0.1) is 0 Å². The van der Waals surface area contributed by atoms with Crippen molar-refractivity contribution in [3.63, 3.8) is 0 Å². The predicted molar refractivity (Wildman–Crippen MR) is 85.4 cm³/mol. The van der Waals surface area contributed by atoms with E-state index in [9.17, 15) is 14.9 Å². The van der Waals surface area contributed by atoms with E-state index < -0.39 is 10.3 Å². The third-order valence-electron chi connectivity index (χ3n) is 3.94. The highest BCUT2D eigenvalue weighted by Gasteiger charge is 2.38.